The highest BCUT2D eigenvalue weighted by atomic mass is 79.9. The van der Waals surface area contributed by atoms with E-state index in [2.05, 4.69) is 25.9 Å². The molecular formula is C12H9BrN4. The van der Waals surface area contributed by atoms with Crippen LogP contribution in [-0.4, -0.2) is 14.4 Å². The lowest BCUT2D eigenvalue weighted by Gasteiger charge is -1.99. The molecule has 2 heterocycles. The molecule has 0 atom stereocenters. The maximum Gasteiger partial charge on any atom is 0.235 e. The van der Waals surface area contributed by atoms with Gasteiger partial charge in [0.2, 0.25) is 5.78 Å². The summed E-state index contributed by atoms with van der Waals surface area (Å²) >= 11 is 3.40. The Morgan fingerprint density at radius 2 is 1.94 bits per heavy atom. The summed E-state index contributed by atoms with van der Waals surface area (Å²) < 4.78 is 2.80. The zero-order chi connectivity index (χ0) is 11.8. The van der Waals surface area contributed by atoms with E-state index in [-0.39, 0.29) is 0 Å². The highest BCUT2D eigenvalue weighted by molar-refractivity contribution is 9.10. The molecule has 0 amide bonds. The Labute approximate surface area is 106 Å². The van der Waals surface area contributed by atoms with Crippen LogP contribution in [0.1, 0.15) is 0 Å². The van der Waals surface area contributed by atoms with Crippen LogP contribution in [0.3, 0.4) is 0 Å². The van der Waals surface area contributed by atoms with Crippen LogP contribution < -0.4 is 5.73 Å². The maximum atomic E-state index is 6.06. The van der Waals surface area contributed by atoms with E-state index >= 15 is 0 Å². The molecular weight excluding hydrogens is 280 g/mol. The van der Waals surface area contributed by atoms with Crippen LogP contribution in [0.15, 0.2) is 47.2 Å². The van der Waals surface area contributed by atoms with Crippen molar-refractivity contribution in [2.24, 2.45) is 0 Å². The average Bonchev–Trinajstić information content (AvgIpc) is 2.69. The Morgan fingerprint density at radius 3 is 2.65 bits per heavy atom. The smallest absolute Gasteiger partial charge is 0.235 e. The molecule has 0 fully saturated rings. The minimum atomic E-state index is 0.607. The van der Waals surface area contributed by atoms with Crippen LogP contribution in [-0.2, 0) is 0 Å². The highest BCUT2D eigenvalue weighted by Gasteiger charge is 2.11. The number of anilines is 1. The summed E-state index contributed by atoms with van der Waals surface area (Å²) in [6.07, 6.45) is 3.56. The molecule has 2 N–H and O–H groups in total. The number of rotatable bonds is 1. The van der Waals surface area contributed by atoms with E-state index < -0.39 is 0 Å². The first-order valence-electron chi connectivity index (χ1n) is 5.10. The van der Waals surface area contributed by atoms with E-state index in [1.165, 1.54) is 0 Å². The van der Waals surface area contributed by atoms with Crippen LogP contribution in [0.4, 0.5) is 5.82 Å². The minimum Gasteiger partial charge on any atom is -0.383 e. The molecule has 0 unspecified atom stereocenters. The Bertz CT molecular complexity index is 673. The fourth-order valence-electron chi connectivity index (χ4n) is 1.73. The summed E-state index contributed by atoms with van der Waals surface area (Å²) in [5, 5.41) is 0. The van der Waals surface area contributed by atoms with Crippen molar-refractivity contribution >= 4 is 27.5 Å². The second kappa shape index (κ2) is 3.85. The molecule has 0 aliphatic rings. The molecule has 3 rings (SSSR count). The third-order valence-corrected chi connectivity index (χ3v) is 3.09. The minimum absolute atomic E-state index is 0.607. The molecule has 5 heteroatoms. The molecule has 0 saturated carbocycles. The van der Waals surface area contributed by atoms with Crippen molar-refractivity contribution in [1.29, 1.82) is 0 Å². The molecule has 0 bridgehead atoms. The number of benzene rings is 1. The molecule has 17 heavy (non-hydrogen) atoms. The SMILES string of the molecule is Nc1c(-c2ccc(Br)cc2)nc2ncccn12. The molecule has 0 radical (unpaired) electrons. The predicted molar refractivity (Wildman–Crippen MR) is 70.5 cm³/mol. The van der Waals surface area contributed by atoms with Crippen molar-refractivity contribution in [3.63, 3.8) is 0 Å². The van der Waals surface area contributed by atoms with Gasteiger partial charge in [0.25, 0.3) is 0 Å². The Kier molecular flexibility index (Phi) is 2.33. The summed E-state index contributed by atoms with van der Waals surface area (Å²) in [6, 6.07) is 9.71. The second-order valence-electron chi connectivity index (χ2n) is 3.64. The monoisotopic (exact) mass is 288 g/mol. The third-order valence-electron chi connectivity index (χ3n) is 2.56. The summed E-state index contributed by atoms with van der Waals surface area (Å²) in [5.41, 5.74) is 7.80. The van der Waals surface area contributed by atoms with E-state index in [0.29, 0.717) is 11.6 Å². The number of nitrogens with two attached hydrogens (primary N) is 1. The number of imidazole rings is 1. The van der Waals surface area contributed by atoms with Gasteiger partial charge in [-0.25, -0.2) is 9.97 Å². The van der Waals surface area contributed by atoms with Gasteiger partial charge in [0.15, 0.2) is 0 Å². The zero-order valence-electron chi connectivity index (χ0n) is 8.84. The number of hydrogen-bond acceptors (Lipinski definition) is 3. The number of fused-ring (bicyclic) bond motifs is 1. The summed E-state index contributed by atoms with van der Waals surface area (Å²) in [7, 11) is 0. The zero-order valence-corrected chi connectivity index (χ0v) is 10.4. The van der Waals surface area contributed by atoms with E-state index in [9.17, 15) is 0 Å². The van der Waals surface area contributed by atoms with Gasteiger partial charge in [0.05, 0.1) is 0 Å². The van der Waals surface area contributed by atoms with Gasteiger partial charge < -0.3 is 5.73 Å². The maximum absolute atomic E-state index is 6.06. The summed E-state index contributed by atoms with van der Waals surface area (Å²) in [5.74, 6) is 1.22. The van der Waals surface area contributed by atoms with Gasteiger partial charge in [-0.15, -0.1) is 0 Å². The Balaban J connectivity index is 2.24. The lowest BCUT2D eigenvalue weighted by atomic mass is 10.1. The molecule has 0 spiro atoms. The first-order valence-corrected chi connectivity index (χ1v) is 5.89. The van der Waals surface area contributed by atoms with Crippen LogP contribution in [0.25, 0.3) is 17.0 Å². The Hall–Kier alpha value is -1.88. The molecule has 0 saturated heterocycles. The fourth-order valence-corrected chi connectivity index (χ4v) is 1.99. The summed E-state index contributed by atoms with van der Waals surface area (Å²) in [4.78, 5) is 8.59. The lowest BCUT2D eigenvalue weighted by molar-refractivity contribution is 1.12. The molecule has 3 aromatic rings. The average molecular weight is 289 g/mol. The van der Waals surface area contributed by atoms with Crippen LogP contribution in [0.2, 0.25) is 0 Å². The number of nitrogen functional groups attached to an aromatic ring is 1. The van der Waals surface area contributed by atoms with Crippen LogP contribution >= 0.6 is 15.9 Å². The van der Waals surface area contributed by atoms with E-state index in [1.807, 2.05) is 36.5 Å². The molecule has 1 aromatic carbocycles. The van der Waals surface area contributed by atoms with Gasteiger partial charge in [0.1, 0.15) is 11.5 Å². The van der Waals surface area contributed by atoms with Gasteiger partial charge in [0, 0.05) is 22.4 Å². The molecule has 0 aliphatic carbocycles. The van der Waals surface area contributed by atoms with Gasteiger partial charge in [-0.3, -0.25) is 4.40 Å². The van der Waals surface area contributed by atoms with Crippen molar-refractivity contribution < 1.29 is 0 Å². The largest absolute Gasteiger partial charge is 0.383 e. The van der Waals surface area contributed by atoms with Crippen molar-refractivity contribution in [2.75, 3.05) is 5.73 Å². The summed E-state index contributed by atoms with van der Waals surface area (Å²) in [6.45, 7) is 0. The standard InChI is InChI=1S/C12H9BrN4/c13-9-4-2-8(3-5-9)10-11(14)17-7-1-6-15-12(17)16-10/h1-7H,14H2. The van der Waals surface area contributed by atoms with Crippen LogP contribution in [0.5, 0.6) is 0 Å². The molecule has 0 aliphatic heterocycles. The highest BCUT2D eigenvalue weighted by Crippen LogP contribution is 2.26. The quantitative estimate of drug-likeness (QED) is 0.749. The first kappa shape index (κ1) is 10.3. The second-order valence-corrected chi connectivity index (χ2v) is 4.56. The van der Waals surface area contributed by atoms with E-state index in [0.717, 1.165) is 15.7 Å². The lowest BCUT2D eigenvalue weighted by Crippen LogP contribution is -1.94. The number of halogens is 1. The number of aromatic nitrogens is 3. The van der Waals surface area contributed by atoms with Gasteiger partial charge in [-0.2, -0.15) is 0 Å². The van der Waals surface area contributed by atoms with Crippen LogP contribution in [0, 0.1) is 0 Å². The topological polar surface area (TPSA) is 56.2 Å². The van der Waals surface area contributed by atoms with Gasteiger partial charge >= 0.3 is 0 Å². The van der Waals surface area contributed by atoms with Crippen molar-refractivity contribution in [2.45, 2.75) is 0 Å². The number of hydrogen-bond donors (Lipinski definition) is 1. The van der Waals surface area contributed by atoms with Crippen molar-refractivity contribution in [3.05, 3.63) is 47.2 Å². The van der Waals surface area contributed by atoms with E-state index in [4.69, 9.17) is 5.73 Å². The number of nitrogens with zero attached hydrogens (tertiary/aromatic N) is 3. The predicted octanol–water partition coefficient (Wildman–Crippen LogP) is 2.74. The normalized spacial score (nSPS) is 10.9. The van der Waals surface area contributed by atoms with Crippen molar-refractivity contribution in [3.8, 4) is 11.3 Å². The molecule has 2 aromatic heterocycles. The molecule has 4 nitrogen and oxygen atoms in total. The fraction of sp³-hybridized carbons (Fsp3) is 0. The van der Waals surface area contributed by atoms with E-state index in [1.54, 1.807) is 10.6 Å². The molecule has 84 valence electrons. The van der Waals surface area contributed by atoms with Gasteiger partial charge in [-0.05, 0) is 18.2 Å². The Morgan fingerprint density at radius 1 is 1.18 bits per heavy atom. The van der Waals surface area contributed by atoms with Crippen molar-refractivity contribution in [1.82, 2.24) is 14.4 Å². The third kappa shape index (κ3) is 1.68. The van der Waals surface area contributed by atoms with Gasteiger partial charge in [-0.1, -0.05) is 28.1 Å². The first-order chi connectivity index (χ1) is 8.25.